The zero-order valence-corrected chi connectivity index (χ0v) is 15.3. The van der Waals surface area contributed by atoms with E-state index in [1.165, 1.54) is 12.1 Å². The summed E-state index contributed by atoms with van der Waals surface area (Å²) in [7, 11) is -4.87. The average molecular weight is 413 g/mol. The van der Waals surface area contributed by atoms with Crippen molar-refractivity contribution < 1.29 is 35.3 Å². The number of rotatable bonds is 5. The summed E-state index contributed by atoms with van der Waals surface area (Å²) in [6.07, 6.45) is 1.18. The highest BCUT2D eigenvalue weighted by molar-refractivity contribution is 7.88. The molecule has 0 saturated heterocycles. The maximum atomic E-state index is 12.9. The quantitative estimate of drug-likeness (QED) is 0.295. The van der Waals surface area contributed by atoms with Crippen LogP contribution >= 0.6 is 0 Å². The average Bonchev–Trinajstić information content (AvgIpc) is 3.00. The monoisotopic (exact) mass is 413 g/mol. The lowest BCUT2D eigenvalue weighted by atomic mass is 9.99. The Hall–Kier alpha value is -3.01. The predicted molar refractivity (Wildman–Crippen MR) is 96.6 cm³/mol. The topological polar surface area (TPSA) is 85.5 Å². The largest absolute Gasteiger partial charge is 0.534 e. The van der Waals surface area contributed by atoms with E-state index in [9.17, 15) is 26.4 Å². The van der Waals surface area contributed by atoms with Gasteiger partial charge in [0.15, 0.2) is 5.75 Å². The zero-order valence-electron chi connectivity index (χ0n) is 14.5. The minimum atomic E-state index is -5.98. The van der Waals surface area contributed by atoms with Crippen LogP contribution in [0.3, 0.4) is 0 Å². The Balaban J connectivity index is 2.45. The van der Waals surface area contributed by atoms with Crippen molar-refractivity contribution in [1.82, 2.24) is 4.98 Å². The molecule has 6 nitrogen and oxygen atoms in total. The summed E-state index contributed by atoms with van der Waals surface area (Å²) in [5.74, 6) is -1.47. The Morgan fingerprint density at radius 2 is 1.93 bits per heavy atom. The Morgan fingerprint density at radius 3 is 2.54 bits per heavy atom. The van der Waals surface area contributed by atoms with Crippen molar-refractivity contribution in [2.45, 2.75) is 11.9 Å². The number of alkyl halides is 3. The SMILES string of the molecule is C=CCc1c(C(=O)OC)cc2c([nH]c3ccccc32)c1OS(=O)(=O)C(F)(F)F. The van der Waals surface area contributed by atoms with Crippen LogP contribution in [-0.4, -0.2) is 32.0 Å². The molecule has 1 aromatic heterocycles. The zero-order chi connectivity index (χ0) is 20.7. The number of methoxy groups -OCH3 is 1. The number of ether oxygens (including phenoxy) is 1. The van der Waals surface area contributed by atoms with Crippen molar-refractivity contribution in [3.8, 4) is 5.75 Å². The molecule has 0 aliphatic heterocycles. The van der Waals surface area contributed by atoms with E-state index < -0.39 is 27.3 Å². The molecule has 0 aliphatic carbocycles. The molecule has 1 heterocycles. The molecule has 0 amide bonds. The third-order valence-corrected chi connectivity index (χ3v) is 5.04. The van der Waals surface area contributed by atoms with Crippen LogP contribution in [0.1, 0.15) is 15.9 Å². The van der Waals surface area contributed by atoms with E-state index in [-0.39, 0.29) is 23.1 Å². The number of esters is 1. The van der Waals surface area contributed by atoms with Crippen LogP contribution in [0.5, 0.6) is 5.75 Å². The standard InChI is InChI=1S/C18H14F3NO5S/c1-3-6-11-13(17(23)26-2)9-12-10-7-4-5-8-14(10)22-15(12)16(11)27-28(24,25)18(19,20)21/h3-5,7-9,22H,1,6H2,2H3. The first-order chi connectivity index (χ1) is 13.1. The van der Waals surface area contributed by atoms with Gasteiger partial charge in [-0.05, 0) is 18.6 Å². The van der Waals surface area contributed by atoms with Crippen molar-refractivity contribution in [2.24, 2.45) is 0 Å². The van der Waals surface area contributed by atoms with Crippen molar-refractivity contribution in [2.75, 3.05) is 7.11 Å². The second-order valence-corrected chi connectivity index (χ2v) is 7.33. The third-order valence-electron chi connectivity index (χ3n) is 4.09. The van der Waals surface area contributed by atoms with E-state index in [4.69, 9.17) is 4.74 Å². The predicted octanol–water partition coefficient (Wildman–Crippen LogP) is 4.06. The minimum absolute atomic E-state index is 0.0125. The highest BCUT2D eigenvalue weighted by atomic mass is 32.2. The molecular weight excluding hydrogens is 399 g/mol. The molecule has 3 rings (SSSR count). The number of fused-ring (bicyclic) bond motifs is 3. The molecule has 148 valence electrons. The molecule has 0 spiro atoms. The van der Waals surface area contributed by atoms with Crippen molar-refractivity contribution in [3.05, 3.63) is 54.1 Å². The molecule has 2 aromatic carbocycles. The molecule has 28 heavy (non-hydrogen) atoms. The van der Waals surface area contributed by atoms with Gasteiger partial charge in [0.1, 0.15) is 0 Å². The number of halogens is 3. The molecule has 0 aliphatic rings. The lowest BCUT2D eigenvalue weighted by molar-refractivity contribution is -0.0499. The Labute approximate surface area is 157 Å². The second kappa shape index (κ2) is 6.86. The maximum absolute atomic E-state index is 12.9. The molecular formula is C18H14F3NO5S. The van der Waals surface area contributed by atoms with E-state index in [1.807, 2.05) is 0 Å². The van der Waals surface area contributed by atoms with Gasteiger partial charge >= 0.3 is 21.6 Å². The smallest absolute Gasteiger partial charge is 0.465 e. The van der Waals surface area contributed by atoms with Crippen LogP contribution in [0.25, 0.3) is 21.8 Å². The summed E-state index contributed by atoms with van der Waals surface area (Å²) >= 11 is 0. The second-order valence-electron chi connectivity index (χ2n) is 5.79. The summed E-state index contributed by atoms with van der Waals surface area (Å²) in [6, 6.07) is 8.13. The normalized spacial score (nSPS) is 12.3. The summed E-state index contributed by atoms with van der Waals surface area (Å²) in [5, 5.41) is 0.887. The number of benzene rings is 2. The molecule has 0 unspecified atom stereocenters. The van der Waals surface area contributed by atoms with Crippen molar-refractivity contribution >= 4 is 37.9 Å². The summed E-state index contributed by atoms with van der Waals surface area (Å²) in [5.41, 5.74) is -5.31. The van der Waals surface area contributed by atoms with Gasteiger partial charge in [0, 0.05) is 21.9 Å². The Bertz CT molecular complexity index is 1200. The number of H-pyrrole nitrogens is 1. The van der Waals surface area contributed by atoms with Gasteiger partial charge in [-0.1, -0.05) is 24.3 Å². The van der Waals surface area contributed by atoms with E-state index in [1.54, 1.807) is 24.3 Å². The molecule has 3 aromatic rings. The molecule has 10 heteroatoms. The first-order valence-corrected chi connectivity index (χ1v) is 9.27. The fourth-order valence-electron chi connectivity index (χ4n) is 2.89. The van der Waals surface area contributed by atoms with E-state index in [0.717, 1.165) is 7.11 Å². The minimum Gasteiger partial charge on any atom is -0.465 e. The number of para-hydroxylation sites is 1. The number of allylic oxidation sites excluding steroid dienone is 1. The molecule has 0 radical (unpaired) electrons. The van der Waals surface area contributed by atoms with Gasteiger partial charge in [-0.15, -0.1) is 6.58 Å². The third kappa shape index (κ3) is 3.19. The molecule has 0 atom stereocenters. The molecule has 0 bridgehead atoms. The number of nitrogens with one attached hydrogen (secondary N) is 1. The fraction of sp³-hybridized carbons (Fsp3) is 0.167. The van der Waals surface area contributed by atoms with Gasteiger partial charge in [-0.25, -0.2) is 4.79 Å². The van der Waals surface area contributed by atoms with Crippen molar-refractivity contribution in [3.63, 3.8) is 0 Å². The van der Waals surface area contributed by atoms with Gasteiger partial charge in [-0.2, -0.15) is 21.6 Å². The lowest BCUT2D eigenvalue weighted by Gasteiger charge is -2.16. The van der Waals surface area contributed by atoms with E-state index in [2.05, 4.69) is 15.7 Å². The van der Waals surface area contributed by atoms with Crippen LogP contribution in [-0.2, 0) is 21.3 Å². The number of carbonyl (C=O) groups is 1. The number of hydrogen-bond acceptors (Lipinski definition) is 5. The van der Waals surface area contributed by atoms with E-state index in [0.29, 0.717) is 16.3 Å². The first kappa shape index (κ1) is 19.7. The highest BCUT2D eigenvalue weighted by Crippen LogP contribution is 2.40. The number of aromatic nitrogens is 1. The van der Waals surface area contributed by atoms with Crippen LogP contribution < -0.4 is 4.18 Å². The van der Waals surface area contributed by atoms with Crippen LogP contribution in [0.4, 0.5) is 13.2 Å². The van der Waals surface area contributed by atoms with Crippen molar-refractivity contribution in [1.29, 1.82) is 0 Å². The van der Waals surface area contributed by atoms with Gasteiger partial charge in [0.25, 0.3) is 0 Å². The van der Waals surface area contributed by atoms with Gasteiger partial charge < -0.3 is 13.9 Å². The Kier molecular flexibility index (Phi) is 4.84. The summed E-state index contributed by atoms with van der Waals surface area (Å²) < 4.78 is 71.4. The molecule has 0 fully saturated rings. The summed E-state index contributed by atoms with van der Waals surface area (Å²) in [6.45, 7) is 3.50. The van der Waals surface area contributed by atoms with Crippen LogP contribution in [0.2, 0.25) is 0 Å². The number of carbonyl (C=O) groups excluding carboxylic acids is 1. The maximum Gasteiger partial charge on any atom is 0.534 e. The Morgan fingerprint density at radius 1 is 1.25 bits per heavy atom. The number of aromatic amines is 1. The highest BCUT2D eigenvalue weighted by Gasteiger charge is 2.49. The first-order valence-electron chi connectivity index (χ1n) is 7.87. The van der Waals surface area contributed by atoms with Gasteiger partial charge in [0.05, 0.1) is 18.2 Å². The lowest BCUT2D eigenvalue weighted by Crippen LogP contribution is -2.28. The summed E-state index contributed by atoms with van der Waals surface area (Å²) in [4.78, 5) is 15.1. The van der Waals surface area contributed by atoms with Gasteiger partial charge in [-0.3, -0.25) is 0 Å². The molecule has 0 saturated carbocycles. The fourth-order valence-corrected chi connectivity index (χ4v) is 3.38. The number of hydrogen-bond donors (Lipinski definition) is 1. The van der Waals surface area contributed by atoms with Crippen LogP contribution in [0, 0.1) is 0 Å². The molecule has 1 N–H and O–H groups in total. The van der Waals surface area contributed by atoms with Crippen LogP contribution in [0.15, 0.2) is 43.0 Å². The van der Waals surface area contributed by atoms with Gasteiger partial charge in [0.2, 0.25) is 0 Å². The van der Waals surface area contributed by atoms with E-state index >= 15 is 0 Å².